The van der Waals surface area contributed by atoms with Crippen molar-refractivity contribution >= 4 is 23.4 Å². The number of nitrogens with two attached hydrogens (primary N) is 1. The number of carbonyl (C=O) groups is 4. The molecular formula is C28H35N3O7. The lowest BCUT2D eigenvalue weighted by Gasteiger charge is -2.46. The van der Waals surface area contributed by atoms with E-state index in [9.17, 15) is 34.5 Å². The molecule has 0 aromatic carbocycles. The van der Waals surface area contributed by atoms with Gasteiger partial charge in [-0.15, -0.1) is 0 Å². The van der Waals surface area contributed by atoms with Gasteiger partial charge in [0.25, 0.3) is 11.8 Å². The Bertz CT molecular complexity index is 1250. The van der Waals surface area contributed by atoms with Gasteiger partial charge in [0, 0.05) is 51.3 Å². The lowest BCUT2D eigenvalue weighted by Crippen LogP contribution is -2.52. The fourth-order valence-electron chi connectivity index (χ4n) is 6.14. The number of hydrogen-bond donors (Lipinski definition) is 4. The topological polar surface area (TPSA) is 161 Å². The van der Waals surface area contributed by atoms with E-state index in [4.69, 9.17) is 5.73 Å². The molecule has 3 atom stereocenters. The van der Waals surface area contributed by atoms with E-state index < -0.39 is 57.9 Å². The van der Waals surface area contributed by atoms with E-state index >= 15 is 0 Å². The standard InChI is InChI=1S/C28H35N3O7/c1-15-23-16(11-17-12-21(33)24(26(29)36)25(35)28(15,17)38)7-8-18(30(2)3)13-19(20(32)14-22(23)34)27(37)31-9-5-4-6-10-31/h8,13-14,16-17,34-35,38H,4-7,9-12H2,1-3H3,(H2,29,36)/b18-8-,19-13+,22-14?/t16?,17?,28-/m1/s1. The number of primary amides is 1. The largest absolute Gasteiger partial charge is 0.508 e. The SMILES string of the molecule is CC1=C2C(O)=CC(=O)/C(C(=O)N3CCCCC3)=C\C(N(C)C)=C\CC2CC2CC(=O)C(C(N)=O)=C(O)[C@@]12O. The zero-order valence-corrected chi connectivity index (χ0v) is 22.0. The van der Waals surface area contributed by atoms with Crippen LogP contribution in [0.5, 0.6) is 0 Å². The summed E-state index contributed by atoms with van der Waals surface area (Å²) in [4.78, 5) is 54.7. The van der Waals surface area contributed by atoms with Gasteiger partial charge in [-0.3, -0.25) is 19.2 Å². The van der Waals surface area contributed by atoms with Gasteiger partial charge in [-0.2, -0.15) is 0 Å². The summed E-state index contributed by atoms with van der Waals surface area (Å²) < 4.78 is 0. The predicted octanol–water partition coefficient (Wildman–Crippen LogP) is 1.74. The number of piperidine rings is 1. The summed E-state index contributed by atoms with van der Waals surface area (Å²) >= 11 is 0. The number of nitrogens with zero attached hydrogens (tertiary/aromatic N) is 2. The monoisotopic (exact) mass is 525 g/mol. The molecule has 3 aliphatic carbocycles. The molecule has 38 heavy (non-hydrogen) atoms. The van der Waals surface area contributed by atoms with E-state index in [0.717, 1.165) is 25.3 Å². The smallest absolute Gasteiger partial charge is 0.257 e. The molecule has 1 heterocycles. The first kappa shape index (κ1) is 27.4. The van der Waals surface area contributed by atoms with Gasteiger partial charge in [-0.05, 0) is 62.2 Å². The number of aliphatic hydroxyl groups is 3. The number of fused-ring (bicyclic) bond motifs is 2. The van der Waals surface area contributed by atoms with Crippen LogP contribution < -0.4 is 5.73 Å². The minimum absolute atomic E-state index is 0.0791. The van der Waals surface area contributed by atoms with Crippen LogP contribution in [0.1, 0.15) is 45.4 Å². The predicted molar refractivity (Wildman–Crippen MR) is 138 cm³/mol. The molecule has 1 fully saturated rings. The maximum atomic E-state index is 13.4. The molecule has 0 radical (unpaired) electrons. The van der Waals surface area contributed by atoms with Gasteiger partial charge in [0.15, 0.2) is 11.6 Å². The fraction of sp³-hybridized carbons (Fsp3) is 0.500. The van der Waals surface area contributed by atoms with Crippen LogP contribution in [0.2, 0.25) is 0 Å². The lowest BCUT2D eigenvalue weighted by atomic mass is 9.61. The van der Waals surface area contributed by atoms with Crippen molar-refractivity contribution in [3.8, 4) is 0 Å². The molecule has 5 N–H and O–H groups in total. The molecule has 0 bridgehead atoms. The van der Waals surface area contributed by atoms with E-state index in [1.807, 2.05) is 6.08 Å². The Morgan fingerprint density at radius 1 is 1.11 bits per heavy atom. The Kier molecular flexibility index (Phi) is 7.38. The first-order chi connectivity index (χ1) is 17.9. The highest BCUT2D eigenvalue weighted by molar-refractivity contribution is 6.24. The van der Waals surface area contributed by atoms with Crippen molar-refractivity contribution < 1.29 is 34.5 Å². The third-order valence-electron chi connectivity index (χ3n) is 8.20. The zero-order chi connectivity index (χ0) is 27.9. The Balaban J connectivity index is 1.87. The number of hydrogen-bond acceptors (Lipinski definition) is 8. The van der Waals surface area contributed by atoms with Crippen molar-refractivity contribution in [2.24, 2.45) is 17.6 Å². The number of aliphatic hydroxyl groups excluding tert-OH is 2. The maximum Gasteiger partial charge on any atom is 0.257 e. The second kappa shape index (κ2) is 10.2. The van der Waals surface area contributed by atoms with Crippen LogP contribution in [0.15, 0.2) is 57.7 Å². The molecule has 2 unspecified atom stereocenters. The van der Waals surface area contributed by atoms with Crippen molar-refractivity contribution in [1.29, 1.82) is 0 Å². The number of allylic oxidation sites excluding steroid dienone is 4. The highest BCUT2D eigenvalue weighted by atomic mass is 16.3. The van der Waals surface area contributed by atoms with Crippen molar-refractivity contribution in [2.45, 2.75) is 51.0 Å². The Labute approximate surface area is 221 Å². The number of likely N-dealkylation sites (N-methyl/N-ethyl adjacent to an activating group) is 1. The van der Waals surface area contributed by atoms with Gasteiger partial charge in [0.05, 0.1) is 5.57 Å². The van der Waals surface area contributed by atoms with Crippen LogP contribution in [-0.2, 0) is 19.2 Å². The first-order valence-electron chi connectivity index (χ1n) is 12.9. The van der Waals surface area contributed by atoms with Crippen molar-refractivity contribution in [3.05, 3.63) is 57.7 Å². The van der Waals surface area contributed by atoms with Crippen LogP contribution in [0.4, 0.5) is 0 Å². The van der Waals surface area contributed by atoms with E-state index in [2.05, 4.69) is 0 Å². The summed E-state index contributed by atoms with van der Waals surface area (Å²) in [6, 6.07) is 0. The molecule has 1 aliphatic heterocycles. The molecule has 1 saturated heterocycles. The van der Waals surface area contributed by atoms with E-state index in [1.54, 1.807) is 30.0 Å². The number of Topliss-reactive ketones (excluding diaryl/α,β-unsaturated/α-hetero) is 1. The molecule has 0 aromatic rings. The molecule has 2 amide bonds. The number of ketones is 2. The Morgan fingerprint density at radius 2 is 1.76 bits per heavy atom. The van der Waals surface area contributed by atoms with Crippen LogP contribution >= 0.6 is 0 Å². The summed E-state index contributed by atoms with van der Waals surface area (Å²) in [6.45, 7) is 2.59. The minimum atomic E-state index is -2.12. The zero-order valence-electron chi connectivity index (χ0n) is 22.0. The van der Waals surface area contributed by atoms with Gasteiger partial charge in [-0.25, -0.2) is 0 Å². The molecule has 0 saturated carbocycles. The van der Waals surface area contributed by atoms with Crippen LogP contribution in [0.3, 0.4) is 0 Å². The number of carbonyl (C=O) groups excluding carboxylic acids is 4. The Morgan fingerprint density at radius 3 is 2.37 bits per heavy atom. The van der Waals surface area contributed by atoms with Crippen molar-refractivity contribution in [2.75, 3.05) is 27.2 Å². The number of rotatable bonds is 3. The highest BCUT2D eigenvalue weighted by Crippen LogP contribution is 2.51. The second-order valence-electron chi connectivity index (χ2n) is 10.7. The lowest BCUT2D eigenvalue weighted by molar-refractivity contribution is -0.130. The average Bonchev–Trinajstić information content (AvgIpc) is 2.85. The van der Waals surface area contributed by atoms with Crippen molar-refractivity contribution in [1.82, 2.24) is 9.80 Å². The summed E-state index contributed by atoms with van der Waals surface area (Å²) in [5.74, 6) is -5.34. The summed E-state index contributed by atoms with van der Waals surface area (Å²) in [5, 5.41) is 33.8. The summed E-state index contributed by atoms with van der Waals surface area (Å²) in [7, 11) is 3.59. The fourth-order valence-corrected chi connectivity index (χ4v) is 6.14. The van der Waals surface area contributed by atoms with E-state index in [0.29, 0.717) is 25.2 Å². The molecule has 4 aliphatic rings. The molecule has 10 nitrogen and oxygen atoms in total. The summed E-state index contributed by atoms with van der Waals surface area (Å²) in [6.07, 6.45) is 7.45. The minimum Gasteiger partial charge on any atom is -0.508 e. The van der Waals surface area contributed by atoms with Gasteiger partial charge in [0.1, 0.15) is 22.7 Å². The Hall–Kier alpha value is -3.66. The molecule has 0 spiro atoms. The third kappa shape index (κ3) is 4.57. The first-order valence-corrected chi connectivity index (χ1v) is 12.9. The number of likely N-dealkylation sites (tertiary alicyclic amines) is 1. The number of amides is 2. The van der Waals surface area contributed by atoms with Gasteiger partial charge < -0.3 is 30.9 Å². The molecular weight excluding hydrogens is 490 g/mol. The highest BCUT2D eigenvalue weighted by Gasteiger charge is 2.55. The maximum absolute atomic E-state index is 13.4. The van der Waals surface area contributed by atoms with Crippen LogP contribution in [0, 0.1) is 11.8 Å². The third-order valence-corrected chi connectivity index (χ3v) is 8.20. The van der Waals surface area contributed by atoms with Gasteiger partial charge >= 0.3 is 0 Å². The molecule has 0 aromatic heterocycles. The van der Waals surface area contributed by atoms with Gasteiger partial charge in [0.2, 0.25) is 0 Å². The van der Waals surface area contributed by atoms with Crippen molar-refractivity contribution in [3.63, 3.8) is 0 Å². The second-order valence-corrected chi connectivity index (χ2v) is 10.7. The molecule has 10 heteroatoms. The molecule has 204 valence electrons. The normalized spacial score (nSPS) is 31.4. The van der Waals surface area contributed by atoms with E-state index in [-0.39, 0.29) is 29.6 Å². The van der Waals surface area contributed by atoms with E-state index in [1.165, 1.54) is 6.92 Å². The van der Waals surface area contributed by atoms with Gasteiger partial charge in [-0.1, -0.05) is 6.08 Å². The summed E-state index contributed by atoms with van der Waals surface area (Å²) in [5.41, 5.74) is 3.44. The quantitative estimate of drug-likeness (QED) is 0.405. The molecule has 4 rings (SSSR count). The van der Waals surface area contributed by atoms with Crippen LogP contribution in [-0.4, -0.2) is 81.3 Å². The average molecular weight is 526 g/mol. The van der Waals surface area contributed by atoms with Crippen LogP contribution in [0.25, 0.3) is 0 Å².